The molecule has 0 aliphatic carbocycles. The second-order valence-electron chi connectivity index (χ2n) is 6.78. The van der Waals surface area contributed by atoms with E-state index in [4.69, 9.17) is 17.3 Å². The number of rotatable bonds is 7. The summed E-state index contributed by atoms with van der Waals surface area (Å²) in [6.45, 7) is 4.54. The van der Waals surface area contributed by atoms with E-state index in [2.05, 4.69) is 41.1 Å². The van der Waals surface area contributed by atoms with Gasteiger partial charge >= 0.3 is 0 Å². The van der Waals surface area contributed by atoms with Crippen LogP contribution in [0.15, 0.2) is 85.2 Å². The Hall–Kier alpha value is -3.09. The van der Waals surface area contributed by atoms with E-state index in [0.29, 0.717) is 11.4 Å². The monoisotopic (exact) mass is 401 g/mol. The van der Waals surface area contributed by atoms with Crippen LogP contribution < -0.4 is 0 Å². The zero-order valence-corrected chi connectivity index (χ0v) is 17.2. The lowest BCUT2D eigenvalue weighted by atomic mass is 10.2. The van der Waals surface area contributed by atoms with E-state index in [1.54, 1.807) is 12.4 Å². The van der Waals surface area contributed by atoms with E-state index in [9.17, 15) is 0 Å². The van der Waals surface area contributed by atoms with Gasteiger partial charge in [-0.2, -0.15) is 0 Å². The Morgan fingerprint density at radius 3 is 2.21 bits per heavy atom. The largest absolute Gasteiger partial charge is 0.280 e. The summed E-state index contributed by atoms with van der Waals surface area (Å²) >= 11 is 5.85. The van der Waals surface area contributed by atoms with Gasteiger partial charge < -0.3 is 0 Å². The van der Waals surface area contributed by atoms with Crippen molar-refractivity contribution in [2.45, 2.75) is 20.1 Å². The summed E-state index contributed by atoms with van der Waals surface area (Å²) < 4.78 is 4.61. The number of hydrogen-bond acceptors (Lipinski definition) is 4. The zero-order chi connectivity index (χ0) is 20.1. The quantitative estimate of drug-likeness (QED) is 0.411. The van der Waals surface area contributed by atoms with E-state index in [1.807, 2.05) is 57.8 Å². The number of hydrogen-bond donors (Lipinski definition) is 0. The highest BCUT2D eigenvalue weighted by molar-refractivity contribution is 7.71. The molecule has 0 spiro atoms. The Labute approximate surface area is 175 Å². The summed E-state index contributed by atoms with van der Waals surface area (Å²) in [4.78, 5) is 6.46. The van der Waals surface area contributed by atoms with Crippen molar-refractivity contribution in [3.8, 4) is 17.1 Å². The lowest BCUT2D eigenvalue weighted by Crippen LogP contribution is -2.26. The molecule has 0 aliphatic heterocycles. The molecular weight excluding hydrogens is 378 g/mol. The summed E-state index contributed by atoms with van der Waals surface area (Å²) in [5.74, 6) is 0.819. The van der Waals surface area contributed by atoms with E-state index >= 15 is 0 Å². The molecule has 6 heteroatoms. The number of para-hydroxylation sites is 1. The highest BCUT2D eigenvalue weighted by atomic mass is 32.1. The molecule has 5 nitrogen and oxygen atoms in total. The highest BCUT2D eigenvalue weighted by Crippen LogP contribution is 2.22. The number of benzene rings is 2. The first-order valence-corrected chi connectivity index (χ1v) is 10.1. The fourth-order valence-electron chi connectivity index (χ4n) is 3.29. The van der Waals surface area contributed by atoms with Crippen molar-refractivity contribution in [1.29, 1.82) is 0 Å². The Morgan fingerprint density at radius 1 is 0.897 bits per heavy atom. The number of nitrogens with zero attached hydrogens (tertiary/aromatic N) is 5. The summed E-state index contributed by atoms with van der Waals surface area (Å²) in [6, 6.07) is 24.5. The Morgan fingerprint density at radius 2 is 1.55 bits per heavy atom. The molecule has 0 N–H and O–H groups in total. The van der Waals surface area contributed by atoms with E-state index in [0.717, 1.165) is 30.2 Å². The molecule has 146 valence electrons. The summed E-state index contributed by atoms with van der Waals surface area (Å²) in [5.41, 5.74) is 3.26. The minimum atomic E-state index is 0.627. The molecule has 0 fully saturated rings. The van der Waals surface area contributed by atoms with Gasteiger partial charge in [0, 0.05) is 30.2 Å². The van der Waals surface area contributed by atoms with Crippen LogP contribution in [-0.4, -0.2) is 30.8 Å². The van der Waals surface area contributed by atoms with Crippen LogP contribution in [0.2, 0.25) is 0 Å². The van der Waals surface area contributed by atoms with Crippen molar-refractivity contribution >= 4 is 12.2 Å². The van der Waals surface area contributed by atoms with Crippen molar-refractivity contribution in [3.63, 3.8) is 0 Å². The predicted octanol–water partition coefficient (Wildman–Crippen LogP) is 4.94. The van der Waals surface area contributed by atoms with Gasteiger partial charge in [-0.3, -0.25) is 14.5 Å². The van der Waals surface area contributed by atoms with Crippen molar-refractivity contribution in [3.05, 3.63) is 95.5 Å². The molecule has 2 aromatic heterocycles. The second kappa shape index (κ2) is 8.94. The van der Waals surface area contributed by atoms with Gasteiger partial charge in [-0.15, -0.1) is 5.10 Å². The Bertz CT molecular complexity index is 1100. The van der Waals surface area contributed by atoms with Crippen LogP contribution in [-0.2, 0) is 13.2 Å². The lowest BCUT2D eigenvalue weighted by Gasteiger charge is -2.20. The molecule has 0 bridgehead atoms. The average Bonchev–Trinajstić information content (AvgIpc) is 3.11. The third-order valence-corrected chi connectivity index (χ3v) is 5.22. The maximum Gasteiger partial charge on any atom is 0.204 e. The van der Waals surface area contributed by atoms with Gasteiger partial charge in [0.15, 0.2) is 5.82 Å². The molecular formula is C23H23N5S. The van der Waals surface area contributed by atoms with Crippen LogP contribution in [0.5, 0.6) is 0 Å². The van der Waals surface area contributed by atoms with Gasteiger partial charge in [-0.25, -0.2) is 4.68 Å². The zero-order valence-electron chi connectivity index (χ0n) is 16.3. The van der Waals surface area contributed by atoms with Crippen LogP contribution in [0.4, 0.5) is 0 Å². The Balaban J connectivity index is 1.72. The topological polar surface area (TPSA) is 38.9 Å². The second-order valence-corrected chi connectivity index (χ2v) is 7.15. The molecule has 29 heavy (non-hydrogen) atoms. The molecule has 0 atom stereocenters. The van der Waals surface area contributed by atoms with Crippen molar-refractivity contribution in [1.82, 2.24) is 24.2 Å². The van der Waals surface area contributed by atoms with Crippen LogP contribution in [0.1, 0.15) is 12.5 Å². The predicted molar refractivity (Wildman–Crippen MR) is 118 cm³/mol. The fraction of sp³-hybridized carbons (Fsp3) is 0.174. The number of aromatic nitrogens is 4. The van der Waals surface area contributed by atoms with Gasteiger partial charge in [-0.05, 0) is 48.6 Å². The van der Waals surface area contributed by atoms with E-state index < -0.39 is 0 Å². The first-order chi connectivity index (χ1) is 14.3. The number of pyridine rings is 1. The van der Waals surface area contributed by atoms with Crippen LogP contribution in [0, 0.1) is 4.77 Å². The SMILES string of the molecule is CCN(Cc1ccccc1)Cn1nc(-c2ccncc2)n(-c2ccccc2)c1=S. The van der Waals surface area contributed by atoms with Gasteiger partial charge in [-0.1, -0.05) is 55.5 Å². The molecule has 0 amide bonds. The smallest absolute Gasteiger partial charge is 0.204 e. The molecule has 0 radical (unpaired) electrons. The first kappa shape index (κ1) is 19.2. The third kappa shape index (κ3) is 4.34. The minimum absolute atomic E-state index is 0.627. The molecule has 0 aliphatic rings. The van der Waals surface area contributed by atoms with Crippen molar-refractivity contribution < 1.29 is 0 Å². The van der Waals surface area contributed by atoms with E-state index in [-0.39, 0.29) is 0 Å². The van der Waals surface area contributed by atoms with Crippen LogP contribution in [0.25, 0.3) is 17.1 Å². The fourth-order valence-corrected chi connectivity index (χ4v) is 3.58. The third-order valence-electron chi connectivity index (χ3n) is 4.82. The molecule has 0 saturated heterocycles. The summed E-state index contributed by atoms with van der Waals surface area (Å²) in [6.07, 6.45) is 3.56. The van der Waals surface area contributed by atoms with Gasteiger partial charge in [0.1, 0.15) is 0 Å². The average molecular weight is 402 g/mol. The summed E-state index contributed by atoms with van der Waals surface area (Å²) in [7, 11) is 0. The minimum Gasteiger partial charge on any atom is -0.280 e. The normalized spacial score (nSPS) is 11.1. The molecule has 4 aromatic rings. The molecule has 0 unspecified atom stereocenters. The summed E-state index contributed by atoms with van der Waals surface area (Å²) in [5, 5.41) is 4.89. The van der Waals surface area contributed by atoms with Crippen LogP contribution >= 0.6 is 12.2 Å². The van der Waals surface area contributed by atoms with Gasteiger partial charge in [0.05, 0.1) is 6.67 Å². The molecule has 4 rings (SSSR count). The first-order valence-electron chi connectivity index (χ1n) is 9.68. The molecule has 2 aromatic carbocycles. The Kier molecular flexibility index (Phi) is 5.93. The van der Waals surface area contributed by atoms with Gasteiger partial charge in [0.25, 0.3) is 0 Å². The molecule has 2 heterocycles. The lowest BCUT2D eigenvalue weighted by molar-refractivity contribution is 0.207. The molecule has 0 saturated carbocycles. The van der Waals surface area contributed by atoms with E-state index in [1.165, 1.54) is 5.56 Å². The highest BCUT2D eigenvalue weighted by Gasteiger charge is 2.16. The maximum absolute atomic E-state index is 5.85. The maximum atomic E-state index is 5.85. The van der Waals surface area contributed by atoms with Crippen molar-refractivity contribution in [2.75, 3.05) is 6.54 Å². The van der Waals surface area contributed by atoms with Gasteiger partial charge in [0.2, 0.25) is 4.77 Å². The standard InChI is InChI=1S/C23H23N5S/c1-2-26(17-19-9-5-3-6-10-19)18-27-23(29)28(21-11-7-4-8-12-21)22(25-27)20-13-15-24-16-14-20/h3-16H,2,17-18H2,1H3. The van der Waals surface area contributed by atoms with Crippen LogP contribution in [0.3, 0.4) is 0 Å². The van der Waals surface area contributed by atoms with Crippen molar-refractivity contribution in [2.24, 2.45) is 0 Å².